The van der Waals surface area contributed by atoms with E-state index in [1.807, 2.05) is 9.80 Å². The number of hydrogen-bond acceptors (Lipinski definition) is 7. The van der Waals surface area contributed by atoms with Crippen LogP contribution in [-0.4, -0.2) is 51.8 Å². The molecule has 330 valence electrons. The Hall–Kier alpha value is -5.79. The van der Waals surface area contributed by atoms with E-state index in [0.717, 1.165) is 24.3 Å². The number of pyridine rings is 1. The zero-order chi connectivity index (χ0) is 44.9. The largest absolute Gasteiger partial charge is 0.435 e. The summed E-state index contributed by atoms with van der Waals surface area (Å²) in [4.78, 5) is 27.4. The quantitative estimate of drug-likeness (QED) is 0.146. The van der Waals surface area contributed by atoms with Crippen molar-refractivity contribution in [1.82, 2.24) is 25.1 Å². The first-order chi connectivity index (χ1) is 29.7. The minimum Gasteiger partial charge on any atom is -0.368 e. The van der Waals surface area contributed by atoms with E-state index in [0.29, 0.717) is 63.6 Å². The first-order valence-electron chi connectivity index (χ1n) is 19.7. The summed E-state index contributed by atoms with van der Waals surface area (Å²) < 4.78 is 158. The molecule has 8 nitrogen and oxygen atoms in total. The maximum atomic E-state index is 15.6. The number of hydrogen-bond donors (Lipinski definition) is 1. The van der Waals surface area contributed by atoms with Gasteiger partial charge < -0.3 is 15.1 Å². The van der Waals surface area contributed by atoms with Crippen LogP contribution in [0.4, 0.5) is 59.1 Å². The van der Waals surface area contributed by atoms with Gasteiger partial charge in [-0.1, -0.05) is 24.3 Å². The number of fused-ring (bicyclic) bond motifs is 4. The number of nitrogens with zero attached hydrogens (tertiary/aromatic N) is 6. The highest BCUT2D eigenvalue weighted by Crippen LogP contribution is 2.71. The molecule has 2 fully saturated rings. The highest BCUT2D eigenvalue weighted by atomic mass is 32.1. The van der Waals surface area contributed by atoms with E-state index < -0.39 is 94.5 Å². The zero-order valence-electron chi connectivity index (χ0n) is 33.1. The van der Waals surface area contributed by atoms with Crippen LogP contribution >= 0.6 is 11.3 Å². The molecule has 1 aliphatic heterocycles. The summed E-state index contributed by atoms with van der Waals surface area (Å²) in [6, 6.07) is 12.1. The third-order valence-corrected chi connectivity index (χ3v) is 13.1. The van der Waals surface area contributed by atoms with Crippen molar-refractivity contribution in [2.24, 2.45) is 11.8 Å². The summed E-state index contributed by atoms with van der Waals surface area (Å²) in [6.07, 6.45) is -9.91. The lowest BCUT2D eigenvalue weighted by Crippen LogP contribution is -2.46. The van der Waals surface area contributed by atoms with Crippen molar-refractivity contribution in [2.75, 3.05) is 36.0 Å². The van der Waals surface area contributed by atoms with E-state index in [1.54, 1.807) is 6.07 Å². The lowest BCUT2D eigenvalue weighted by atomic mass is 9.94. The van der Waals surface area contributed by atoms with Gasteiger partial charge >= 0.3 is 12.4 Å². The fourth-order valence-electron chi connectivity index (χ4n) is 8.97. The van der Waals surface area contributed by atoms with E-state index >= 15 is 8.78 Å². The molecule has 63 heavy (non-hydrogen) atoms. The summed E-state index contributed by atoms with van der Waals surface area (Å²) in [5.41, 5.74) is -2.00. The van der Waals surface area contributed by atoms with Crippen molar-refractivity contribution in [2.45, 2.75) is 57.0 Å². The van der Waals surface area contributed by atoms with Crippen molar-refractivity contribution >= 4 is 38.4 Å². The Bertz CT molecular complexity index is 2740. The lowest BCUT2D eigenvalue weighted by molar-refractivity contribution is -0.142. The average molecular weight is 906 g/mol. The van der Waals surface area contributed by atoms with Gasteiger partial charge in [0.15, 0.2) is 16.5 Å². The molecular formula is C43H34F11N7OS. The number of alkyl halides is 8. The Morgan fingerprint density at radius 3 is 2.17 bits per heavy atom. The predicted molar refractivity (Wildman–Crippen MR) is 211 cm³/mol. The number of piperazine rings is 1. The van der Waals surface area contributed by atoms with E-state index in [-0.39, 0.29) is 28.9 Å². The molecule has 2 aliphatic carbocycles. The van der Waals surface area contributed by atoms with Crippen LogP contribution in [0, 0.1) is 36.2 Å². The molecule has 3 unspecified atom stereocenters. The van der Waals surface area contributed by atoms with Gasteiger partial charge in [-0.05, 0) is 90.6 Å². The number of carbonyl (C=O) groups excluding carboxylic acids is 1. The number of rotatable bonds is 9. The number of benzene rings is 3. The van der Waals surface area contributed by atoms with Crippen LogP contribution in [0.15, 0.2) is 66.7 Å². The Balaban J connectivity index is 1.07. The second kappa shape index (κ2) is 15.2. The first kappa shape index (κ1) is 42.5. The Morgan fingerprint density at radius 1 is 0.873 bits per heavy atom. The summed E-state index contributed by atoms with van der Waals surface area (Å²) in [5.74, 6) is -10.4. The topological polar surface area (TPSA) is 79.2 Å². The lowest BCUT2D eigenvalue weighted by Gasteiger charge is -2.36. The van der Waals surface area contributed by atoms with Gasteiger partial charge in [0.05, 0.1) is 22.0 Å². The smallest absolute Gasteiger partial charge is 0.368 e. The van der Waals surface area contributed by atoms with Gasteiger partial charge in [-0.25, -0.2) is 18.2 Å². The molecule has 3 aliphatic rings. The predicted octanol–water partition coefficient (Wildman–Crippen LogP) is 10.2. The number of nitrogens with one attached hydrogen (secondary N) is 1. The summed E-state index contributed by atoms with van der Waals surface area (Å²) in [6.45, 7) is 3.61. The number of aromatic nitrogens is 4. The van der Waals surface area contributed by atoms with Crippen LogP contribution in [0.5, 0.6) is 0 Å². The minimum atomic E-state index is -5.09. The Morgan fingerprint density at radius 2 is 1.54 bits per heavy atom. The SMILES string of the molecule is Cc1cc(-c2cc3sc(N4CCN(c5ccc(C(F)(F)F)cc5)CC4)nc3nc2C(Cc2cc(F)cc(F)c2)NC(=O)Cn2nc(C(F)(F)F)c3c2C(F)(F)C2C3[C@H]2C)ccc1F. The maximum absolute atomic E-state index is 15.6. The van der Waals surface area contributed by atoms with Gasteiger partial charge in [-0.2, -0.15) is 45.2 Å². The number of carbonyl (C=O) groups is 1. The third-order valence-electron chi connectivity index (χ3n) is 12.0. The Kier molecular flexibility index (Phi) is 10.2. The second-order valence-corrected chi connectivity index (χ2v) is 17.1. The van der Waals surface area contributed by atoms with Crippen molar-refractivity contribution < 1.29 is 53.1 Å². The molecule has 3 aromatic heterocycles. The number of thiazole rings is 1. The monoisotopic (exact) mass is 905 g/mol. The van der Waals surface area contributed by atoms with Gasteiger partial charge in [0.25, 0.3) is 5.92 Å². The highest BCUT2D eigenvalue weighted by molar-refractivity contribution is 7.22. The molecular weight excluding hydrogens is 872 g/mol. The Labute approximate surface area is 355 Å². The molecule has 1 saturated heterocycles. The molecule has 0 spiro atoms. The fraction of sp³-hybridized carbons (Fsp3) is 0.349. The summed E-state index contributed by atoms with van der Waals surface area (Å²) in [7, 11) is 0. The molecule has 20 heteroatoms. The molecule has 9 rings (SSSR count). The van der Waals surface area contributed by atoms with E-state index in [2.05, 4.69) is 10.4 Å². The van der Waals surface area contributed by atoms with Gasteiger partial charge in [0, 0.05) is 60.9 Å². The number of anilines is 2. The minimum absolute atomic E-state index is 0.0331. The van der Waals surface area contributed by atoms with Crippen molar-refractivity contribution in [3.8, 4) is 11.1 Å². The van der Waals surface area contributed by atoms with E-state index in [1.165, 1.54) is 55.5 Å². The van der Waals surface area contributed by atoms with Crippen LogP contribution in [0.3, 0.4) is 0 Å². The van der Waals surface area contributed by atoms with Gasteiger partial charge in [-0.3, -0.25) is 9.48 Å². The molecule has 0 radical (unpaired) electrons. The van der Waals surface area contributed by atoms with Crippen molar-refractivity contribution in [3.05, 3.63) is 124 Å². The number of amides is 1. The van der Waals surface area contributed by atoms with Crippen LogP contribution < -0.4 is 15.1 Å². The third kappa shape index (κ3) is 7.83. The van der Waals surface area contributed by atoms with Gasteiger partial charge in [0.1, 0.15) is 29.7 Å². The number of halogens is 11. The van der Waals surface area contributed by atoms with Crippen molar-refractivity contribution in [1.29, 1.82) is 0 Å². The highest BCUT2D eigenvalue weighted by Gasteiger charge is 2.72. The zero-order valence-corrected chi connectivity index (χ0v) is 33.9. The summed E-state index contributed by atoms with van der Waals surface area (Å²) >= 11 is 1.26. The second-order valence-electron chi connectivity index (χ2n) is 16.1. The fourth-order valence-corrected chi connectivity index (χ4v) is 9.97. The molecule has 1 saturated carbocycles. The van der Waals surface area contributed by atoms with Crippen molar-refractivity contribution in [3.63, 3.8) is 0 Å². The normalized spacial score (nSPS) is 19.9. The average Bonchev–Trinajstić information content (AvgIpc) is 3.45. The maximum Gasteiger partial charge on any atom is 0.435 e. The van der Waals surface area contributed by atoms with Crippen LogP contribution in [0.1, 0.15) is 58.2 Å². The van der Waals surface area contributed by atoms with Crippen LogP contribution in [0.2, 0.25) is 0 Å². The molecule has 4 atom stereocenters. The molecule has 1 N–H and O–H groups in total. The molecule has 6 aromatic rings. The van der Waals surface area contributed by atoms with Crippen LogP contribution in [-0.2, 0) is 36.0 Å². The first-order valence-corrected chi connectivity index (χ1v) is 20.5. The molecule has 1 amide bonds. The molecule has 3 aromatic carbocycles. The van der Waals surface area contributed by atoms with Crippen LogP contribution in [0.25, 0.3) is 21.5 Å². The van der Waals surface area contributed by atoms with Gasteiger partial charge in [-0.15, -0.1) is 0 Å². The molecule has 4 heterocycles. The standard InChI is InChI=1S/C43H34F11N7OS/c1-20-13-23(3-8-29(20)46)28-18-31-39(57-40(63-31)60-11-9-59(10-12-60)27-6-4-24(5-7-27)42(49,50)51)56-36(28)30(16-22-14-25(44)17-26(45)15-22)55-32(62)19-61-38-34(37(58-61)43(52,53)54)33-21(2)35(33)41(38,47)48/h3-8,13-15,17-18,21,30,33,35H,9-12,16,19H2,1-2H3,(H,55,62)/t21-,30?,33?,35?/m1/s1. The van der Waals surface area contributed by atoms with E-state index in [4.69, 9.17) is 9.97 Å². The van der Waals surface area contributed by atoms with E-state index in [9.17, 15) is 44.3 Å². The number of aryl methyl sites for hydroxylation is 1. The van der Waals surface area contributed by atoms with Gasteiger partial charge in [0.2, 0.25) is 5.91 Å². The summed E-state index contributed by atoms with van der Waals surface area (Å²) in [5, 5.41) is 6.67. The molecule has 0 bridgehead atoms.